The number of rotatable bonds is 11. The van der Waals surface area contributed by atoms with Crippen LogP contribution in [0.1, 0.15) is 43.7 Å². The molecule has 0 bridgehead atoms. The first kappa shape index (κ1) is 34.9. The van der Waals surface area contributed by atoms with Gasteiger partial charge in [-0.3, -0.25) is 0 Å². The van der Waals surface area contributed by atoms with Crippen LogP contribution in [0.2, 0.25) is 5.02 Å². The molecule has 0 radical (unpaired) electrons. The Morgan fingerprint density at radius 2 is 1.10 bits per heavy atom. The number of alkyl halides is 2. The first-order chi connectivity index (χ1) is 22.8. The fourth-order valence-electron chi connectivity index (χ4n) is 5.29. The normalized spacial score (nSPS) is 11.6. The fourth-order valence-corrected chi connectivity index (χ4v) is 5.61. The highest BCUT2D eigenvalue weighted by atomic mass is 35.5. The standard InChI is InChI=1S/C37H26ClF9O/c1-2-3-4-5-6-20-7-9-21(10-8-20)22-11-12-33(27(39)14-22)48-37(46,47)25-18-29(41)35(30(42)19-25)23-13-26(38)34(28(40)15-23)24-16-31(43)36(45)32(44)17-24/h7-19H,2-6H2,1H3. The van der Waals surface area contributed by atoms with E-state index in [2.05, 4.69) is 11.7 Å². The summed E-state index contributed by atoms with van der Waals surface area (Å²) < 4.78 is 136. The van der Waals surface area contributed by atoms with Gasteiger partial charge in [0.2, 0.25) is 0 Å². The molecule has 0 aliphatic rings. The van der Waals surface area contributed by atoms with Crippen molar-refractivity contribution in [1.82, 2.24) is 0 Å². The smallest absolute Gasteiger partial charge is 0.426 e. The molecule has 250 valence electrons. The molecule has 5 aromatic carbocycles. The summed E-state index contributed by atoms with van der Waals surface area (Å²) in [7, 11) is 0. The largest absolute Gasteiger partial charge is 0.427 e. The van der Waals surface area contributed by atoms with Gasteiger partial charge in [-0.15, -0.1) is 0 Å². The molecule has 0 aliphatic heterocycles. The molecule has 0 unspecified atom stereocenters. The third-order valence-electron chi connectivity index (χ3n) is 7.76. The van der Waals surface area contributed by atoms with E-state index < -0.39 is 85.4 Å². The van der Waals surface area contributed by atoms with Gasteiger partial charge in [-0.25, -0.2) is 30.7 Å². The zero-order chi connectivity index (χ0) is 34.7. The van der Waals surface area contributed by atoms with E-state index in [4.69, 9.17) is 11.6 Å². The van der Waals surface area contributed by atoms with Crippen LogP contribution in [0.15, 0.2) is 78.9 Å². The van der Waals surface area contributed by atoms with Crippen LogP contribution in [-0.2, 0) is 12.5 Å². The predicted octanol–water partition coefficient (Wildman–Crippen LogP) is 12.6. The zero-order valence-corrected chi connectivity index (χ0v) is 26.0. The van der Waals surface area contributed by atoms with Crippen molar-refractivity contribution in [2.24, 2.45) is 0 Å². The van der Waals surface area contributed by atoms with Crippen LogP contribution < -0.4 is 4.74 Å². The highest BCUT2D eigenvalue weighted by molar-refractivity contribution is 6.33. The Morgan fingerprint density at radius 3 is 1.69 bits per heavy atom. The van der Waals surface area contributed by atoms with Crippen molar-refractivity contribution in [3.8, 4) is 39.1 Å². The molecular weight excluding hydrogens is 667 g/mol. The van der Waals surface area contributed by atoms with E-state index in [-0.39, 0.29) is 12.1 Å². The van der Waals surface area contributed by atoms with E-state index in [1.807, 2.05) is 12.1 Å². The lowest BCUT2D eigenvalue weighted by atomic mass is 9.97. The number of aryl methyl sites for hydroxylation is 1. The van der Waals surface area contributed by atoms with Crippen LogP contribution >= 0.6 is 11.6 Å². The molecular formula is C37H26ClF9O. The molecule has 0 fully saturated rings. The van der Waals surface area contributed by atoms with E-state index in [9.17, 15) is 17.6 Å². The minimum Gasteiger partial charge on any atom is -0.426 e. The molecule has 0 atom stereocenters. The Morgan fingerprint density at radius 1 is 0.562 bits per heavy atom. The second-order valence-electron chi connectivity index (χ2n) is 11.2. The Labute approximate surface area is 275 Å². The Bertz CT molecular complexity index is 1890. The van der Waals surface area contributed by atoms with Crippen molar-refractivity contribution in [2.45, 2.75) is 45.1 Å². The van der Waals surface area contributed by atoms with Crippen molar-refractivity contribution in [2.75, 3.05) is 0 Å². The topological polar surface area (TPSA) is 9.23 Å². The molecule has 0 aromatic heterocycles. The summed E-state index contributed by atoms with van der Waals surface area (Å²) in [5.74, 6) is -11.5. The van der Waals surface area contributed by atoms with E-state index >= 15 is 22.0 Å². The van der Waals surface area contributed by atoms with Crippen LogP contribution in [0, 0.1) is 40.7 Å². The van der Waals surface area contributed by atoms with Gasteiger partial charge in [-0.05, 0) is 89.2 Å². The number of benzene rings is 5. The molecule has 0 spiro atoms. The number of unbranched alkanes of at least 4 members (excludes halogenated alkanes) is 3. The van der Waals surface area contributed by atoms with Crippen LogP contribution in [0.4, 0.5) is 39.5 Å². The van der Waals surface area contributed by atoms with Crippen molar-refractivity contribution in [3.05, 3.63) is 136 Å². The van der Waals surface area contributed by atoms with Crippen LogP contribution in [0.25, 0.3) is 33.4 Å². The van der Waals surface area contributed by atoms with Gasteiger partial charge in [0.15, 0.2) is 29.0 Å². The molecule has 0 saturated carbocycles. The monoisotopic (exact) mass is 692 g/mol. The summed E-state index contributed by atoms with van der Waals surface area (Å²) in [6.45, 7) is 2.13. The van der Waals surface area contributed by atoms with Crippen molar-refractivity contribution < 1.29 is 44.3 Å². The molecule has 5 aromatic rings. The van der Waals surface area contributed by atoms with Gasteiger partial charge in [0.25, 0.3) is 0 Å². The van der Waals surface area contributed by atoms with Crippen LogP contribution in [0.5, 0.6) is 5.75 Å². The van der Waals surface area contributed by atoms with Gasteiger partial charge < -0.3 is 4.74 Å². The summed E-state index contributed by atoms with van der Waals surface area (Å²) in [6, 6.07) is 13.6. The van der Waals surface area contributed by atoms with Gasteiger partial charge in [0, 0.05) is 5.56 Å². The molecule has 0 aliphatic carbocycles. The molecule has 0 N–H and O–H groups in total. The molecule has 0 heterocycles. The highest BCUT2D eigenvalue weighted by Gasteiger charge is 2.37. The summed E-state index contributed by atoms with van der Waals surface area (Å²) in [4.78, 5) is 0. The second-order valence-corrected chi connectivity index (χ2v) is 11.6. The average molecular weight is 693 g/mol. The first-order valence-electron chi connectivity index (χ1n) is 14.9. The minimum atomic E-state index is -4.41. The Hall–Kier alpha value is -4.44. The molecule has 5 rings (SSSR count). The summed E-state index contributed by atoms with van der Waals surface area (Å²) >= 11 is 6.06. The Kier molecular flexibility index (Phi) is 10.4. The van der Waals surface area contributed by atoms with Crippen LogP contribution in [0.3, 0.4) is 0 Å². The lowest BCUT2D eigenvalue weighted by molar-refractivity contribution is -0.187. The predicted molar refractivity (Wildman–Crippen MR) is 166 cm³/mol. The van der Waals surface area contributed by atoms with E-state index in [1.165, 1.54) is 6.07 Å². The number of hydrogen-bond donors (Lipinski definition) is 0. The maximum atomic E-state index is 15.1. The number of halogens is 10. The lowest BCUT2D eigenvalue weighted by Gasteiger charge is -2.20. The summed E-state index contributed by atoms with van der Waals surface area (Å²) in [6.07, 6.45) is 0.937. The van der Waals surface area contributed by atoms with Crippen molar-refractivity contribution in [3.63, 3.8) is 0 Å². The zero-order valence-electron chi connectivity index (χ0n) is 25.2. The second kappa shape index (κ2) is 14.4. The molecule has 48 heavy (non-hydrogen) atoms. The van der Waals surface area contributed by atoms with E-state index in [0.29, 0.717) is 29.3 Å². The SMILES string of the molecule is CCCCCCc1ccc(-c2ccc(OC(F)(F)c3cc(F)c(-c4cc(F)c(-c5cc(F)c(F)c(F)c5)c(Cl)c4)c(F)c3)c(F)c2)cc1. The quantitative estimate of drug-likeness (QED) is 0.0760. The van der Waals surface area contributed by atoms with Gasteiger partial charge in [0.05, 0.1) is 16.1 Å². The summed E-state index contributed by atoms with van der Waals surface area (Å²) in [5, 5.41) is -0.566. The third kappa shape index (κ3) is 7.49. The van der Waals surface area contributed by atoms with Crippen LogP contribution in [-0.4, -0.2) is 0 Å². The molecule has 0 amide bonds. The first-order valence-corrected chi connectivity index (χ1v) is 15.3. The minimum absolute atomic E-state index is 0.235. The van der Waals surface area contributed by atoms with Gasteiger partial charge in [-0.1, -0.05) is 68.1 Å². The maximum absolute atomic E-state index is 15.1. The van der Waals surface area contributed by atoms with Crippen molar-refractivity contribution in [1.29, 1.82) is 0 Å². The van der Waals surface area contributed by atoms with E-state index in [1.54, 1.807) is 12.1 Å². The van der Waals surface area contributed by atoms with Gasteiger partial charge in [0.1, 0.15) is 17.5 Å². The third-order valence-corrected chi connectivity index (χ3v) is 8.06. The molecule has 0 saturated heterocycles. The van der Waals surface area contributed by atoms with Gasteiger partial charge >= 0.3 is 6.11 Å². The van der Waals surface area contributed by atoms with E-state index in [0.717, 1.165) is 55.9 Å². The maximum Gasteiger partial charge on any atom is 0.427 e. The van der Waals surface area contributed by atoms with Gasteiger partial charge in [-0.2, -0.15) is 8.78 Å². The Balaban J connectivity index is 1.36. The van der Waals surface area contributed by atoms with Crippen molar-refractivity contribution >= 4 is 11.6 Å². The molecule has 11 heteroatoms. The summed E-state index contributed by atoms with van der Waals surface area (Å²) in [5.41, 5.74) is -1.75. The number of ether oxygens (including phenoxy) is 1. The average Bonchev–Trinajstić information content (AvgIpc) is 3.02. The lowest BCUT2D eigenvalue weighted by Crippen LogP contribution is -2.23. The molecule has 1 nitrogen and oxygen atoms in total. The number of hydrogen-bond acceptors (Lipinski definition) is 1. The highest BCUT2D eigenvalue weighted by Crippen LogP contribution is 2.40. The fraction of sp³-hybridized carbons (Fsp3) is 0.189.